The summed E-state index contributed by atoms with van der Waals surface area (Å²) in [7, 11) is 0. The van der Waals surface area contributed by atoms with Crippen molar-refractivity contribution in [3.63, 3.8) is 0 Å². The Morgan fingerprint density at radius 3 is 1.80 bits per heavy atom. The number of esters is 2. The Labute approximate surface area is 275 Å². The number of unbranched alkanes of at least 4 members (excludes halogenated alkanes) is 10. The van der Waals surface area contributed by atoms with Crippen LogP contribution in [-0.2, 0) is 33.4 Å². The molecule has 0 unspecified atom stereocenters. The molecule has 0 saturated carbocycles. The van der Waals surface area contributed by atoms with E-state index in [2.05, 4.69) is 22.9 Å². The average molecular weight is 656 g/mol. The number of aliphatic hydroxyl groups is 2. The standard InChI is InChI=1S/C34H61N3O9/c1-8-9-10-11-12-13-14-15-16-17-18-19-27-22(4)30(40)23(5)31(41)36-28(21(2)3)32(42)37-29(24(6)38)33(43)35-26(34(44)46-27)20-45-25(7)39/h21-24,26-30,38,40H,8-20H2,1-7H3,(H,35,43)(H,36,41)(H,37,42)/t22-,23-,24-,26+,27+,28+,29+,30+/m1/s1. The van der Waals surface area contributed by atoms with Crippen LogP contribution in [0.1, 0.15) is 126 Å². The quantitative estimate of drug-likeness (QED) is 0.123. The van der Waals surface area contributed by atoms with Crippen LogP contribution < -0.4 is 16.0 Å². The second-order valence-corrected chi connectivity index (χ2v) is 13.3. The lowest BCUT2D eigenvalue weighted by Gasteiger charge is -2.32. The third-order valence-electron chi connectivity index (χ3n) is 8.77. The van der Waals surface area contributed by atoms with Crippen LogP contribution in [0.25, 0.3) is 0 Å². The first-order valence-corrected chi connectivity index (χ1v) is 17.3. The Morgan fingerprint density at radius 2 is 1.30 bits per heavy atom. The Hall–Kier alpha value is -2.73. The zero-order valence-corrected chi connectivity index (χ0v) is 29.1. The maximum absolute atomic E-state index is 13.5. The first-order chi connectivity index (χ1) is 21.7. The first-order valence-electron chi connectivity index (χ1n) is 17.3. The number of cyclic esters (lactones) is 1. The summed E-state index contributed by atoms with van der Waals surface area (Å²) in [5.41, 5.74) is 0. The summed E-state index contributed by atoms with van der Waals surface area (Å²) in [6.45, 7) is 10.8. The van der Waals surface area contributed by atoms with E-state index in [9.17, 15) is 34.2 Å². The van der Waals surface area contributed by atoms with Crippen LogP contribution in [0.2, 0.25) is 0 Å². The van der Waals surface area contributed by atoms with E-state index in [1.807, 2.05) is 0 Å². The van der Waals surface area contributed by atoms with E-state index in [1.54, 1.807) is 20.8 Å². The van der Waals surface area contributed by atoms with Gasteiger partial charge in [-0.15, -0.1) is 0 Å². The van der Waals surface area contributed by atoms with Crippen LogP contribution in [0.4, 0.5) is 0 Å². The van der Waals surface area contributed by atoms with Gasteiger partial charge in [-0.25, -0.2) is 4.79 Å². The Bertz CT molecular complexity index is 958. The number of carbonyl (C=O) groups excluding carboxylic acids is 5. The molecule has 8 atom stereocenters. The van der Waals surface area contributed by atoms with Crippen molar-refractivity contribution >= 4 is 29.7 Å². The highest BCUT2D eigenvalue weighted by Gasteiger charge is 2.39. The molecule has 12 heteroatoms. The number of nitrogens with one attached hydrogen (secondary N) is 3. The summed E-state index contributed by atoms with van der Waals surface area (Å²) in [5.74, 6) is -5.81. The molecule has 0 spiro atoms. The summed E-state index contributed by atoms with van der Waals surface area (Å²) in [6, 6.07) is -4.00. The molecular weight excluding hydrogens is 594 g/mol. The second kappa shape index (κ2) is 22.0. The SMILES string of the molecule is CCCCCCCCCCCCC[C@@H]1OC(=O)[C@H](COC(C)=O)NC(=O)[C@H]([C@@H](C)O)NC(=O)[C@H](C(C)C)NC(=O)[C@H](C)[C@@H](O)[C@@H]1C. The van der Waals surface area contributed by atoms with E-state index in [0.29, 0.717) is 12.8 Å². The van der Waals surface area contributed by atoms with Gasteiger partial charge < -0.3 is 35.6 Å². The van der Waals surface area contributed by atoms with Gasteiger partial charge in [0.2, 0.25) is 17.7 Å². The molecule has 266 valence electrons. The van der Waals surface area contributed by atoms with Crippen molar-refractivity contribution in [1.29, 1.82) is 0 Å². The number of rotatable bonds is 16. The highest BCUT2D eigenvalue weighted by atomic mass is 16.6. The lowest BCUT2D eigenvalue weighted by Crippen LogP contribution is -2.60. The Kier molecular flexibility index (Phi) is 19.7. The number of hydrogen-bond acceptors (Lipinski definition) is 9. The van der Waals surface area contributed by atoms with Crippen LogP contribution in [0.3, 0.4) is 0 Å². The molecule has 0 aromatic heterocycles. The molecule has 5 N–H and O–H groups in total. The van der Waals surface area contributed by atoms with E-state index in [4.69, 9.17) is 9.47 Å². The van der Waals surface area contributed by atoms with Gasteiger partial charge in [0.05, 0.1) is 18.1 Å². The molecule has 0 bridgehead atoms. The number of aliphatic hydroxyl groups excluding tert-OH is 2. The molecule has 0 aromatic carbocycles. The average Bonchev–Trinajstić information content (AvgIpc) is 3.00. The van der Waals surface area contributed by atoms with Gasteiger partial charge >= 0.3 is 11.9 Å². The fourth-order valence-electron chi connectivity index (χ4n) is 5.60. The predicted molar refractivity (Wildman–Crippen MR) is 174 cm³/mol. The zero-order chi connectivity index (χ0) is 34.8. The monoisotopic (exact) mass is 655 g/mol. The van der Waals surface area contributed by atoms with Gasteiger partial charge in [-0.05, 0) is 25.7 Å². The van der Waals surface area contributed by atoms with E-state index < -0.39 is 90.5 Å². The van der Waals surface area contributed by atoms with Crippen molar-refractivity contribution in [3.8, 4) is 0 Å². The molecule has 12 nitrogen and oxygen atoms in total. The second-order valence-electron chi connectivity index (χ2n) is 13.3. The van der Waals surface area contributed by atoms with Crippen LogP contribution in [0, 0.1) is 17.8 Å². The number of amides is 3. The Morgan fingerprint density at radius 1 is 0.804 bits per heavy atom. The third-order valence-corrected chi connectivity index (χ3v) is 8.77. The highest BCUT2D eigenvalue weighted by molar-refractivity contribution is 5.94. The summed E-state index contributed by atoms with van der Waals surface area (Å²) in [6.07, 6.45) is 9.49. The fraction of sp³-hybridized carbons (Fsp3) is 0.853. The summed E-state index contributed by atoms with van der Waals surface area (Å²) in [5, 5.41) is 29.2. The molecule has 1 rings (SSSR count). The van der Waals surface area contributed by atoms with Crippen LogP contribution in [0.5, 0.6) is 0 Å². The largest absolute Gasteiger partial charge is 0.463 e. The van der Waals surface area contributed by atoms with Gasteiger partial charge in [0.1, 0.15) is 24.8 Å². The van der Waals surface area contributed by atoms with E-state index in [0.717, 1.165) is 26.2 Å². The molecule has 46 heavy (non-hydrogen) atoms. The zero-order valence-electron chi connectivity index (χ0n) is 29.1. The molecule has 1 heterocycles. The summed E-state index contributed by atoms with van der Waals surface area (Å²) >= 11 is 0. The third kappa shape index (κ3) is 14.8. The van der Waals surface area contributed by atoms with Crippen molar-refractivity contribution < 1.29 is 43.7 Å². The van der Waals surface area contributed by atoms with Crippen molar-refractivity contribution in [2.75, 3.05) is 6.61 Å². The Balaban J connectivity index is 3.19. The molecule has 0 radical (unpaired) electrons. The molecule has 0 aliphatic carbocycles. The van der Waals surface area contributed by atoms with E-state index >= 15 is 0 Å². The van der Waals surface area contributed by atoms with Gasteiger partial charge in [-0.1, -0.05) is 98.8 Å². The number of carbonyl (C=O) groups is 5. The molecule has 3 amide bonds. The first kappa shape index (κ1) is 41.3. The van der Waals surface area contributed by atoms with E-state index in [-0.39, 0.29) is 0 Å². The minimum absolute atomic E-state index is 0.394. The molecule has 1 saturated heterocycles. The fourth-order valence-corrected chi connectivity index (χ4v) is 5.60. The van der Waals surface area contributed by atoms with Crippen molar-refractivity contribution in [3.05, 3.63) is 0 Å². The maximum Gasteiger partial charge on any atom is 0.332 e. The number of hydrogen-bond donors (Lipinski definition) is 5. The van der Waals surface area contributed by atoms with Gasteiger partial charge in [-0.2, -0.15) is 0 Å². The van der Waals surface area contributed by atoms with E-state index in [1.165, 1.54) is 58.8 Å². The van der Waals surface area contributed by atoms with Crippen molar-refractivity contribution in [2.45, 2.75) is 162 Å². The lowest BCUT2D eigenvalue weighted by molar-refractivity contribution is -0.162. The molecule has 1 aliphatic rings. The van der Waals surface area contributed by atoms with Crippen LogP contribution >= 0.6 is 0 Å². The minimum Gasteiger partial charge on any atom is -0.463 e. The van der Waals surface area contributed by atoms with Crippen LogP contribution in [-0.4, -0.2) is 82.9 Å². The predicted octanol–water partition coefficient (Wildman–Crippen LogP) is 3.30. The topological polar surface area (TPSA) is 180 Å². The molecule has 0 aromatic rings. The minimum atomic E-state index is -1.49. The summed E-state index contributed by atoms with van der Waals surface area (Å²) < 4.78 is 10.9. The van der Waals surface area contributed by atoms with Gasteiger partial charge in [-0.3, -0.25) is 19.2 Å². The maximum atomic E-state index is 13.5. The normalized spacial score (nSPS) is 27.5. The van der Waals surface area contributed by atoms with Gasteiger partial charge in [0, 0.05) is 12.8 Å². The van der Waals surface area contributed by atoms with Crippen LogP contribution in [0.15, 0.2) is 0 Å². The van der Waals surface area contributed by atoms with Gasteiger partial charge in [0.15, 0.2) is 6.04 Å². The summed E-state index contributed by atoms with van der Waals surface area (Å²) in [4.78, 5) is 64.8. The smallest absolute Gasteiger partial charge is 0.332 e. The molecule has 1 aliphatic heterocycles. The molecule has 1 fully saturated rings. The van der Waals surface area contributed by atoms with Crippen molar-refractivity contribution in [2.24, 2.45) is 17.8 Å². The lowest BCUT2D eigenvalue weighted by atomic mass is 9.86. The van der Waals surface area contributed by atoms with Crippen molar-refractivity contribution in [1.82, 2.24) is 16.0 Å². The molecular formula is C34H61N3O9. The highest BCUT2D eigenvalue weighted by Crippen LogP contribution is 2.25. The van der Waals surface area contributed by atoms with Gasteiger partial charge in [0.25, 0.3) is 0 Å². The number of ether oxygens (including phenoxy) is 2.